The molecule has 0 spiro atoms. The lowest BCUT2D eigenvalue weighted by Crippen LogP contribution is -2.41. The van der Waals surface area contributed by atoms with Gasteiger partial charge in [-0.15, -0.1) is 0 Å². The SMILES string of the molecule is O=C(c1cc(Br)ccc1O)N1CCCCCC1CBr. The fourth-order valence-corrected chi connectivity index (χ4v) is 3.47. The maximum Gasteiger partial charge on any atom is 0.257 e. The van der Waals surface area contributed by atoms with Crippen molar-refractivity contribution in [3.8, 4) is 5.75 Å². The summed E-state index contributed by atoms with van der Waals surface area (Å²) < 4.78 is 0.805. The Morgan fingerprint density at radius 1 is 1.37 bits per heavy atom. The van der Waals surface area contributed by atoms with Crippen molar-refractivity contribution in [2.45, 2.75) is 31.7 Å². The molecular weight excluding hydrogens is 374 g/mol. The van der Waals surface area contributed by atoms with Gasteiger partial charge in [0.05, 0.1) is 5.56 Å². The van der Waals surface area contributed by atoms with Crippen LogP contribution in [0.5, 0.6) is 5.75 Å². The van der Waals surface area contributed by atoms with E-state index in [9.17, 15) is 9.90 Å². The van der Waals surface area contributed by atoms with E-state index in [2.05, 4.69) is 31.9 Å². The fourth-order valence-electron chi connectivity index (χ4n) is 2.44. The quantitative estimate of drug-likeness (QED) is 0.777. The van der Waals surface area contributed by atoms with Crippen molar-refractivity contribution >= 4 is 37.8 Å². The summed E-state index contributed by atoms with van der Waals surface area (Å²) in [5, 5.41) is 10.7. The Labute approximate surface area is 130 Å². The van der Waals surface area contributed by atoms with E-state index in [1.54, 1.807) is 18.2 Å². The topological polar surface area (TPSA) is 40.5 Å². The molecule has 1 aliphatic heterocycles. The molecule has 1 aromatic carbocycles. The largest absolute Gasteiger partial charge is 0.507 e. The van der Waals surface area contributed by atoms with Crippen LogP contribution in [0.15, 0.2) is 22.7 Å². The summed E-state index contributed by atoms with van der Waals surface area (Å²) in [4.78, 5) is 14.5. The predicted molar refractivity (Wildman–Crippen MR) is 82.9 cm³/mol. The summed E-state index contributed by atoms with van der Waals surface area (Å²) in [6.07, 6.45) is 4.37. The normalized spacial score (nSPS) is 20.1. The van der Waals surface area contributed by atoms with Crippen LogP contribution in [-0.2, 0) is 0 Å². The second-order valence-corrected chi connectivity index (χ2v) is 6.38. The maximum absolute atomic E-state index is 12.6. The van der Waals surface area contributed by atoms with Gasteiger partial charge in [-0.05, 0) is 31.0 Å². The lowest BCUT2D eigenvalue weighted by Gasteiger charge is -2.29. The molecule has 0 bridgehead atoms. The molecule has 1 heterocycles. The number of nitrogens with zero attached hydrogens (tertiary/aromatic N) is 1. The molecular formula is C14H17Br2NO2. The molecule has 0 saturated carbocycles. The van der Waals surface area contributed by atoms with E-state index in [0.717, 1.165) is 42.0 Å². The smallest absolute Gasteiger partial charge is 0.257 e. The molecule has 1 amide bonds. The van der Waals surface area contributed by atoms with Gasteiger partial charge < -0.3 is 10.0 Å². The molecule has 1 N–H and O–H groups in total. The number of likely N-dealkylation sites (tertiary alicyclic amines) is 1. The van der Waals surface area contributed by atoms with Crippen molar-refractivity contribution < 1.29 is 9.90 Å². The van der Waals surface area contributed by atoms with Gasteiger partial charge in [-0.2, -0.15) is 0 Å². The number of carbonyl (C=O) groups is 1. The number of amides is 1. The fraction of sp³-hybridized carbons (Fsp3) is 0.500. The number of carbonyl (C=O) groups excluding carboxylic acids is 1. The van der Waals surface area contributed by atoms with E-state index in [4.69, 9.17) is 0 Å². The Kier molecular flexibility index (Phi) is 5.28. The number of halogens is 2. The second kappa shape index (κ2) is 6.75. The van der Waals surface area contributed by atoms with Crippen molar-refractivity contribution in [2.75, 3.05) is 11.9 Å². The van der Waals surface area contributed by atoms with Gasteiger partial charge in [0.25, 0.3) is 5.91 Å². The van der Waals surface area contributed by atoms with Crippen LogP contribution in [0.1, 0.15) is 36.0 Å². The average molecular weight is 391 g/mol. The molecule has 0 aromatic heterocycles. The van der Waals surface area contributed by atoms with E-state index in [1.165, 1.54) is 0 Å². The standard InChI is InChI=1S/C14H17Br2NO2/c15-9-11-4-2-1-3-7-17(11)14(19)12-8-10(16)5-6-13(12)18/h5-6,8,11,18H,1-4,7,9H2. The third kappa shape index (κ3) is 3.51. The lowest BCUT2D eigenvalue weighted by molar-refractivity contribution is 0.0699. The van der Waals surface area contributed by atoms with Gasteiger partial charge in [0.2, 0.25) is 0 Å². The Hall–Kier alpha value is -0.550. The van der Waals surface area contributed by atoms with E-state index < -0.39 is 0 Å². The summed E-state index contributed by atoms with van der Waals surface area (Å²) in [6, 6.07) is 5.19. The third-order valence-corrected chi connectivity index (χ3v) is 4.75. The molecule has 2 rings (SSSR count). The molecule has 1 saturated heterocycles. The highest BCUT2D eigenvalue weighted by Gasteiger charge is 2.27. The van der Waals surface area contributed by atoms with Crippen LogP contribution in [-0.4, -0.2) is 33.8 Å². The van der Waals surface area contributed by atoms with E-state index >= 15 is 0 Å². The molecule has 3 nitrogen and oxygen atoms in total. The number of hydrogen-bond donors (Lipinski definition) is 1. The Bertz CT molecular complexity index is 465. The number of hydrogen-bond acceptors (Lipinski definition) is 2. The lowest BCUT2D eigenvalue weighted by atomic mass is 10.1. The first-order valence-corrected chi connectivity index (χ1v) is 8.40. The van der Waals surface area contributed by atoms with Gasteiger partial charge in [-0.3, -0.25) is 4.79 Å². The Morgan fingerprint density at radius 2 is 2.16 bits per heavy atom. The highest BCUT2D eigenvalue weighted by molar-refractivity contribution is 9.10. The van der Waals surface area contributed by atoms with Gasteiger partial charge in [0.1, 0.15) is 5.75 Å². The number of benzene rings is 1. The molecule has 0 aliphatic carbocycles. The molecule has 1 fully saturated rings. The van der Waals surface area contributed by atoms with E-state index in [1.807, 2.05) is 4.90 Å². The number of alkyl halides is 1. The van der Waals surface area contributed by atoms with Gasteiger partial charge in [0.15, 0.2) is 0 Å². The van der Waals surface area contributed by atoms with Crippen molar-refractivity contribution in [1.29, 1.82) is 0 Å². The monoisotopic (exact) mass is 389 g/mol. The zero-order chi connectivity index (χ0) is 13.8. The van der Waals surface area contributed by atoms with Gasteiger partial charge in [0, 0.05) is 22.4 Å². The number of rotatable bonds is 2. The number of phenolic OH excluding ortho intramolecular Hbond substituents is 1. The minimum absolute atomic E-state index is 0.0470. The first-order valence-electron chi connectivity index (χ1n) is 6.49. The van der Waals surface area contributed by atoms with Gasteiger partial charge >= 0.3 is 0 Å². The molecule has 104 valence electrons. The molecule has 1 atom stereocenters. The van der Waals surface area contributed by atoms with Crippen LogP contribution in [0.4, 0.5) is 0 Å². The molecule has 1 aliphatic rings. The highest BCUT2D eigenvalue weighted by atomic mass is 79.9. The minimum Gasteiger partial charge on any atom is -0.507 e. The van der Waals surface area contributed by atoms with Crippen molar-refractivity contribution in [3.63, 3.8) is 0 Å². The second-order valence-electron chi connectivity index (χ2n) is 4.82. The number of phenols is 1. The molecule has 0 radical (unpaired) electrons. The van der Waals surface area contributed by atoms with Crippen LogP contribution in [0.3, 0.4) is 0 Å². The van der Waals surface area contributed by atoms with Crippen molar-refractivity contribution in [1.82, 2.24) is 4.90 Å². The Morgan fingerprint density at radius 3 is 2.89 bits per heavy atom. The molecule has 1 aromatic rings. The van der Waals surface area contributed by atoms with Gasteiger partial charge in [-0.25, -0.2) is 0 Å². The molecule has 19 heavy (non-hydrogen) atoms. The Balaban J connectivity index is 2.27. The van der Waals surface area contributed by atoms with Crippen LogP contribution in [0.2, 0.25) is 0 Å². The molecule has 1 unspecified atom stereocenters. The van der Waals surface area contributed by atoms with E-state index in [-0.39, 0.29) is 17.7 Å². The summed E-state index contributed by atoms with van der Waals surface area (Å²) in [7, 11) is 0. The minimum atomic E-state index is -0.0786. The maximum atomic E-state index is 12.6. The zero-order valence-electron chi connectivity index (χ0n) is 10.6. The molecule has 5 heteroatoms. The van der Waals surface area contributed by atoms with Crippen molar-refractivity contribution in [2.24, 2.45) is 0 Å². The van der Waals surface area contributed by atoms with Crippen LogP contribution < -0.4 is 0 Å². The predicted octanol–water partition coefficient (Wildman–Crippen LogP) is 3.93. The first-order chi connectivity index (χ1) is 9.13. The van der Waals surface area contributed by atoms with Crippen LogP contribution >= 0.6 is 31.9 Å². The van der Waals surface area contributed by atoms with Crippen LogP contribution in [0.25, 0.3) is 0 Å². The van der Waals surface area contributed by atoms with Crippen LogP contribution in [0, 0.1) is 0 Å². The summed E-state index contributed by atoms with van der Waals surface area (Å²) in [5.74, 6) is -0.0316. The van der Waals surface area contributed by atoms with Crippen molar-refractivity contribution in [3.05, 3.63) is 28.2 Å². The first kappa shape index (κ1) is 14.9. The highest BCUT2D eigenvalue weighted by Crippen LogP contribution is 2.26. The summed E-state index contributed by atoms with van der Waals surface area (Å²) in [5.41, 5.74) is 0.377. The summed E-state index contributed by atoms with van der Waals surface area (Å²) in [6.45, 7) is 0.765. The zero-order valence-corrected chi connectivity index (χ0v) is 13.8. The van der Waals surface area contributed by atoms with Gasteiger partial charge in [-0.1, -0.05) is 44.7 Å². The van der Waals surface area contributed by atoms with E-state index in [0.29, 0.717) is 5.56 Å². The summed E-state index contributed by atoms with van der Waals surface area (Å²) >= 11 is 6.84. The number of aromatic hydroxyl groups is 1. The average Bonchev–Trinajstić information content (AvgIpc) is 2.65. The third-order valence-electron chi connectivity index (χ3n) is 3.51.